The quantitative estimate of drug-likeness (QED) is 0.510. The minimum absolute atomic E-state index is 0.00917. The third-order valence-corrected chi connectivity index (χ3v) is 1.09. The number of nitrogens with two attached hydrogens (primary N) is 2. The Morgan fingerprint density at radius 3 is 2.31 bits per heavy atom. The van der Waals surface area contributed by atoms with Gasteiger partial charge in [-0.2, -0.15) is 15.0 Å². The summed E-state index contributed by atoms with van der Waals surface area (Å²) in [4.78, 5) is 21.6. The van der Waals surface area contributed by atoms with Gasteiger partial charge in [0.2, 0.25) is 23.8 Å². The lowest BCUT2D eigenvalue weighted by atomic mass is 10.6. The first-order chi connectivity index (χ1) is 6.11. The topological polar surface area (TPSA) is 120 Å². The Morgan fingerprint density at radius 2 is 1.85 bits per heavy atom. The fraction of sp³-hybridized carbons (Fsp3) is 0. The maximum atomic E-state index is 10.8. The smallest absolute Gasteiger partial charge is 0.250 e. The van der Waals surface area contributed by atoms with Crippen LogP contribution in [0.2, 0.25) is 0 Å². The van der Waals surface area contributed by atoms with Crippen LogP contribution in [0.5, 0.6) is 0 Å². The second-order valence-electron chi connectivity index (χ2n) is 2.07. The van der Waals surface area contributed by atoms with Gasteiger partial charge in [0.1, 0.15) is 0 Å². The fourth-order valence-electron chi connectivity index (χ4n) is 0.626. The molecule has 0 saturated heterocycles. The van der Waals surface area contributed by atoms with E-state index in [-0.39, 0.29) is 17.8 Å². The molecule has 7 nitrogen and oxygen atoms in total. The van der Waals surface area contributed by atoms with Crippen LogP contribution >= 0.6 is 0 Å². The largest absolute Gasteiger partial charge is 0.368 e. The van der Waals surface area contributed by atoms with Gasteiger partial charge in [0, 0.05) is 0 Å². The number of rotatable bonds is 2. The third-order valence-electron chi connectivity index (χ3n) is 1.09. The standard InChI is InChI=1S/C6H8N6O/c1-2-3(13)9-6-11-4(7)10-5(8)12-6/h2H,1H2,(H5,7,8,9,10,11,12,13). The summed E-state index contributed by atoms with van der Waals surface area (Å²) in [7, 11) is 0. The van der Waals surface area contributed by atoms with Crippen molar-refractivity contribution in [3.63, 3.8) is 0 Å². The van der Waals surface area contributed by atoms with Gasteiger partial charge in [0.25, 0.3) is 0 Å². The molecule has 0 aliphatic heterocycles. The van der Waals surface area contributed by atoms with E-state index in [1.54, 1.807) is 0 Å². The molecular formula is C6H8N6O. The minimum Gasteiger partial charge on any atom is -0.368 e. The maximum Gasteiger partial charge on any atom is 0.250 e. The number of carbonyl (C=O) groups is 1. The Bertz CT molecular complexity index is 329. The van der Waals surface area contributed by atoms with Crippen LogP contribution in [0.4, 0.5) is 17.8 Å². The van der Waals surface area contributed by atoms with Gasteiger partial charge in [-0.1, -0.05) is 6.58 Å². The van der Waals surface area contributed by atoms with E-state index in [2.05, 4.69) is 26.8 Å². The van der Waals surface area contributed by atoms with E-state index in [0.29, 0.717) is 0 Å². The van der Waals surface area contributed by atoms with E-state index < -0.39 is 5.91 Å². The number of nitrogen functional groups attached to an aromatic ring is 2. The summed E-state index contributed by atoms with van der Waals surface area (Å²) in [6, 6.07) is 0. The highest BCUT2D eigenvalue weighted by Crippen LogP contribution is 2.02. The van der Waals surface area contributed by atoms with Crippen LogP contribution < -0.4 is 16.8 Å². The second-order valence-corrected chi connectivity index (χ2v) is 2.07. The highest BCUT2D eigenvalue weighted by molar-refractivity contribution is 5.97. The predicted octanol–water partition coefficient (Wildman–Crippen LogP) is -0.840. The zero-order valence-corrected chi connectivity index (χ0v) is 6.69. The van der Waals surface area contributed by atoms with Crippen LogP contribution in [0.15, 0.2) is 12.7 Å². The average Bonchev–Trinajstić information content (AvgIpc) is 2.02. The molecule has 1 amide bonds. The van der Waals surface area contributed by atoms with Crippen LogP contribution in [0.1, 0.15) is 0 Å². The van der Waals surface area contributed by atoms with Gasteiger partial charge in [0.15, 0.2) is 0 Å². The molecule has 0 atom stereocenters. The van der Waals surface area contributed by atoms with Crippen molar-refractivity contribution in [2.45, 2.75) is 0 Å². The van der Waals surface area contributed by atoms with Crippen LogP contribution in [0.3, 0.4) is 0 Å². The molecule has 0 aliphatic rings. The van der Waals surface area contributed by atoms with Crippen molar-refractivity contribution >= 4 is 23.8 Å². The Balaban J connectivity index is 2.89. The van der Waals surface area contributed by atoms with E-state index >= 15 is 0 Å². The van der Waals surface area contributed by atoms with E-state index in [0.717, 1.165) is 6.08 Å². The van der Waals surface area contributed by atoms with Gasteiger partial charge in [-0.15, -0.1) is 0 Å². The van der Waals surface area contributed by atoms with Crippen LogP contribution in [-0.4, -0.2) is 20.9 Å². The number of anilines is 3. The molecule has 0 saturated carbocycles. The van der Waals surface area contributed by atoms with E-state index in [9.17, 15) is 4.79 Å². The lowest BCUT2D eigenvalue weighted by molar-refractivity contribution is -0.111. The molecule has 1 aromatic heterocycles. The molecule has 1 rings (SSSR count). The van der Waals surface area contributed by atoms with Crippen molar-refractivity contribution in [1.82, 2.24) is 15.0 Å². The highest BCUT2D eigenvalue weighted by atomic mass is 16.1. The van der Waals surface area contributed by atoms with Gasteiger partial charge >= 0.3 is 0 Å². The number of hydrogen-bond acceptors (Lipinski definition) is 6. The molecule has 0 spiro atoms. The van der Waals surface area contributed by atoms with Gasteiger partial charge < -0.3 is 11.5 Å². The SMILES string of the molecule is C=CC(=O)Nc1nc(N)nc(N)n1. The van der Waals surface area contributed by atoms with Crippen molar-refractivity contribution in [2.75, 3.05) is 16.8 Å². The number of nitrogens with one attached hydrogen (secondary N) is 1. The molecule has 0 fully saturated rings. The monoisotopic (exact) mass is 180 g/mol. The molecule has 0 unspecified atom stereocenters. The second kappa shape index (κ2) is 3.48. The summed E-state index contributed by atoms with van der Waals surface area (Å²) in [5, 5.41) is 2.29. The van der Waals surface area contributed by atoms with E-state index in [1.165, 1.54) is 0 Å². The lowest BCUT2D eigenvalue weighted by Gasteiger charge is -2.00. The van der Waals surface area contributed by atoms with Gasteiger partial charge in [-0.3, -0.25) is 10.1 Å². The molecule has 13 heavy (non-hydrogen) atoms. The lowest BCUT2D eigenvalue weighted by Crippen LogP contribution is -2.13. The number of carbonyl (C=O) groups excluding carboxylic acids is 1. The number of hydrogen-bond donors (Lipinski definition) is 3. The number of nitrogens with zero attached hydrogens (tertiary/aromatic N) is 3. The molecule has 1 heterocycles. The molecule has 1 aromatic rings. The summed E-state index contributed by atoms with van der Waals surface area (Å²) < 4.78 is 0. The van der Waals surface area contributed by atoms with E-state index in [1.807, 2.05) is 0 Å². The van der Waals surface area contributed by atoms with Crippen LogP contribution in [-0.2, 0) is 4.79 Å². The zero-order valence-electron chi connectivity index (χ0n) is 6.69. The summed E-state index contributed by atoms with van der Waals surface area (Å²) >= 11 is 0. The van der Waals surface area contributed by atoms with Crippen LogP contribution in [0.25, 0.3) is 0 Å². The van der Waals surface area contributed by atoms with Gasteiger partial charge in [0.05, 0.1) is 0 Å². The molecule has 0 bridgehead atoms. The first-order valence-electron chi connectivity index (χ1n) is 3.32. The zero-order chi connectivity index (χ0) is 9.84. The van der Waals surface area contributed by atoms with E-state index in [4.69, 9.17) is 11.5 Å². The third kappa shape index (κ3) is 2.40. The minimum atomic E-state index is -0.440. The fourth-order valence-corrected chi connectivity index (χ4v) is 0.626. The molecule has 0 aromatic carbocycles. The maximum absolute atomic E-state index is 10.8. The average molecular weight is 180 g/mol. The molecular weight excluding hydrogens is 172 g/mol. The summed E-state index contributed by atoms with van der Waals surface area (Å²) in [6.07, 6.45) is 1.08. The van der Waals surface area contributed by atoms with Crippen molar-refractivity contribution in [3.05, 3.63) is 12.7 Å². The Kier molecular flexibility index (Phi) is 2.38. The first kappa shape index (κ1) is 8.91. The van der Waals surface area contributed by atoms with Crippen molar-refractivity contribution in [2.24, 2.45) is 0 Å². The van der Waals surface area contributed by atoms with Crippen molar-refractivity contribution in [3.8, 4) is 0 Å². The Labute approximate surface area is 73.9 Å². The van der Waals surface area contributed by atoms with Gasteiger partial charge in [-0.05, 0) is 6.08 Å². The number of amides is 1. The molecule has 0 radical (unpaired) electrons. The number of aromatic nitrogens is 3. The highest BCUT2D eigenvalue weighted by Gasteiger charge is 2.02. The van der Waals surface area contributed by atoms with Crippen molar-refractivity contribution in [1.29, 1.82) is 0 Å². The van der Waals surface area contributed by atoms with Gasteiger partial charge in [-0.25, -0.2) is 0 Å². The van der Waals surface area contributed by atoms with Crippen molar-refractivity contribution < 1.29 is 4.79 Å². The first-order valence-corrected chi connectivity index (χ1v) is 3.32. The Morgan fingerprint density at radius 1 is 1.31 bits per heavy atom. The summed E-state index contributed by atoms with van der Waals surface area (Å²) in [5.74, 6) is -0.529. The summed E-state index contributed by atoms with van der Waals surface area (Å²) in [6.45, 7) is 3.26. The normalized spacial score (nSPS) is 9.23. The molecule has 68 valence electrons. The molecule has 5 N–H and O–H groups in total. The predicted molar refractivity (Wildman–Crippen MR) is 47.5 cm³/mol. The Hall–Kier alpha value is -2.18. The molecule has 7 heteroatoms. The molecule has 0 aliphatic carbocycles. The summed E-state index contributed by atoms with van der Waals surface area (Å²) in [5.41, 5.74) is 10.5. The van der Waals surface area contributed by atoms with Crippen LogP contribution in [0, 0.1) is 0 Å².